The van der Waals surface area contributed by atoms with Crippen LogP contribution in [0.4, 0.5) is 0 Å². The van der Waals surface area contributed by atoms with Crippen molar-refractivity contribution in [1.82, 2.24) is 25.4 Å². The van der Waals surface area contributed by atoms with Crippen LogP contribution in [0.2, 0.25) is 0 Å². The van der Waals surface area contributed by atoms with E-state index < -0.39 is 0 Å². The number of ether oxygens (including phenoxy) is 1. The number of benzene rings is 1. The van der Waals surface area contributed by atoms with E-state index in [9.17, 15) is 0 Å². The zero-order chi connectivity index (χ0) is 21.3. The molecule has 0 bridgehead atoms. The normalized spacial score (nSPS) is 11.5. The average Bonchev–Trinajstić information content (AvgIpc) is 3.37. The van der Waals surface area contributed by atoms with Crippen LogP contribution in [0.5, 0.6) is 5.75 Å². The molecule has 0 aliphatic carbocycles. The molecule has 1 aromatic carbocycles. The summed E-state index contributed by atoms with van der Waals surface area (Å²) in [4.78, 5) is 6.08. The van der Waals surface area contributed by atoms with Crippen molar-refractivity contribution in [2.45, 2.75) is 33.2 Å². The number of aryl methyl sites for hydroxylation is 2. The largest absolute Gasteiger partial charge is 0.496 e. The fraction of sp³-hybridized carbons (Fsp3) is 0.409. The zero-order valence-electron chi connectivity index (χ0n) is 18.1. The summed E-state index contributed by atoms with van der Waals surface area (Å²) in [6, 6.07) is 10.5. The molecule has 0 saturated heterocycles. The van der Waals surface area contributed by atoms with Crippen LogP contribution < -0.4 is 15.4 Å². The summed E-state index contributed by atoms with van der Waals surface area (Å²) in [6.45, 7) is 6.08. The van der Waals surface area contributed by atoms with E-state index >= 15 is 0 Å². The molecule has 2 aromatic heterocycles. The van der Waals surface area contributed by atoms with E-state index in [0.29, 0.717) is 6.54 Å². The molecule has 0 saturated carbocycles. The second-order valence-electron chi connectivity index (χ2n) is 7.14. The highest BCUT2D eigenvalue weighted by atomic mass is 32.1. The van der Waals surface area contributed by atoms with E-state index in [1.165, 1.54) is 16.0 Å². The molecule has 0 aliphatic rings. The quantitative estimate of drug-likeness (QED) is 0.406. The van der Waals surface area contributed by atoms with Gasteiger partial charge in [-0.25, -0.2) is 4.99 Å². The standard InChI is InChI=1S/C22H30N6OS/c1-16-7-8-20(29-4)18(14-16)9-11-23-22(24-12-10-19-6-5-13-30-19)25-15-21-27-26-17(2)28(21)3/h5-8,13-14H,9-12,15H2,1-4H3,(H2,23,24,25). The summed E-state index contributed by atoms with van der Waals surface area (Å²) in [5, 5.41) is 17.3. The first-order chi connectivity index (χ1) is 14.6. The monoisotopic (exact) mass is 426 g/mol. The average molecular weight is 427 g/mol. The van der Waals surface area contributed by atoms with Crippen LogP contribution in [0.25, 0.3) is 0 Å². The van der Waals surface area contributed by atoms with E-state index in [0.717, 1.165) is 49.3 Å². The molecule has 2 N–H and O–H groups in total. The maximum Gasteiger partial charge on any atom is 0.191 e. The number of nitrogens with zero attached hydrogens (tertiary/aromatic N) is 4. The molecule has 2 heterocycles. The maximum absolute atomic E-state index is 5.49. The molecule has 0 aliphatic heterocycles. The Balaban J connectivity index is 1.61. The van der Waals surface area contributed by atoms with Gasteiger partial charge in [0.1, 0.15) is 18.1 Å². The molecular formula is C22H30N6OS. The van der Waals surface area contributed by atoms with E-state index in [1.807, 2.05) is 24.6 Å². The number of nitrogens with one attached hydrogen (secondary N) is 2. The number of methoxy groups -OCH3 is 1. The minimum atomic E-state index is 0.472. The smallest absolute Gasteiger partial charge is 0.191 e. The molecule has 7 nitrogen and oxygen atoms in total. The van der Waals surface area contributed by atoms with Gasteiger partial charge in [0.25, 0.3) is 0 Å². The van der Waals surface area contributed by atoms with Crippen LogP contribution in [-0.4, -0.2) is 40.9 Å². The summed E-state index contributed by atoms with van der Waals surface area (Å²) in [7, 11) is 3.67. The molecule has 0 fully saturated rings. The fourth-order valence-corrected chi connectivity index (χ4v) is 3.80. The van der Waals surface area contributed by atoms with Crippen LogP contribution in [0.15, 0.2) is 40.7 Å². The van der Waals surface area contributed by atoms with Crippen molar-refractivity contribution < 1.29 is 4.74 Å². The Morgan fingerprint density at radius 1 is 1.13 bits per heavy atom. The summed E-state index contributed by atoms with van der Waals surface area (Å²) in [5.41, 5.74) is 2.42. The van der Waals surface area contributed by atoms with Gasteiger partial charge in [0.2, 0.25) is 0 Å². The van der Waals surface area contributed by atoms with Gasteiger partial charge < -0.3 is 19.9 Å². The van der Waals surface area contributed by atoms with Crippen molar-refractivity contribution in [1.29, 1.82) is 0 Å². The lowest BCUT2D eigenvalue weighted by molar-refractivity contribution is 0.409. The third kappa shape index (κ3) is 6.06. The van der Waals surface area contributed by atoms with Gasteiger partial charge in [-0.15, -0.1) is 21.5 Å². The first-order valence-corrected chi connectivity index (χ1v) is 11.0. The van der Waals surface area contributed by atoms with Gasteiger partial charge in [0, 0.05) is 25.0 Å². The van der Waals surface area contributed by atoms with Crippen LogP contribution in [0, 0.1) is 13.8 Å². The topological polar surface area (TPSA) is 76.4 Å². The lowest BCUT2D eigenvalue weighted by Crippen LogP contribution is -2.39. The summed E-state index contributed by atoms with van der Waals surface area (Å²) in [5.74, 6) is 3.42. The Labute approximate surface area is 182 Å². The van der Waals surface area contributed by atoms with Crippen molar-refractivity contribution in [2.24, 2.45) is 12.0 Å². The number of hydrogen-bond acceptors (Lipinski definition) is 5. The maximum atomic E-state index is 5.49. The number of thiophene rings is 1. The molecule has 8 heteroatoms. The van der Waals surface area contributed by atoms with E-state index in [4.69, 9.17) is 9.73 Å². The van der Waals surface area contributed by atoms with E-state index in [-0.39, 0.29) is 0 Å². The SMILES string of the molecule is COc1ccc(C)cc1CCNC(=NCc1nnc(C)n1C)NCCc1cccs1. The van der Waals surface area contributed by atoms with E-state index in [1.54, 1.807) is 18.4 Å². The highest BCUT2D eigenvalue weighted by molar-refractivity contribution is 7.09. The number of rotatable bonds is 9. The highest BCUT2D eigenvalue weighted by Crippen LogP contribution is 2.19. The van der Waals surface area contributed by atoms with Crippen LogP contribution in [0.1, 0.15) is 27.7 Å². The zero-order valence-corrected chi connectivity index (χ0v) is 18.9. The molecule has 0 spiro atoms. The fourth-order valence-electron chi connectivity index (χ4n) is 3.09. The number of hydrogen-bond donors (Lipinski definition) is 2. The van der Waals surface area contributed by atoms with Crippen LogP contribution >= 0.6 is 11.3 Å². The molecule has 3 rings (SSSR count). The van der Waals surface area contributed by atoms with Crippen LogP contribution in [-0.2, 0) is 26.4 Å². The first kappa shape index (κ1) is 21.8. The Kier molecular flexibility index (Phi) is 7.84. The lowest BCUT2D eigenvalue weighted by Gasteiger charge is -2.14. The number of aliphatic imine (C=N–C) groups is 1. The second kappa shape index (κ2) is 10.8. The summed E-state index contributed by atoms with van der Waals surface area (Å²) < 4.78 is 7.46. The molecule has 0 amide bonds. The van der Waals surface area contributed by atoms with Gasteiger partial charge in [-0.05, 0) is 49.8 Å². The lowest BCUT2D eigenvalue weighted by atomic mass is 10.1. The minimum Gasteiger partial charge on any atom is -0.496 e. The molecule has 0 unspecified atom stereocenters. The van der Waals surface area contributed by atoms with Crippen molar-refractivity contribution >= 4 is 17.3 Å². The minimum absolute atomic E-state index is 0.472. The summed E-state index contributed by atoms with van der Waals surface area (Å²) in [6.07, 6.45) is 1.81. The summed E-state index contributed by atoms with van der Waals surface area (Å²) >= 11 is 1.77. The van der Waals surface area contributed by atoms with Gasteiger partial charge in [0.15, 0.2) is 11.8 Å². The van der Waals surface area contributed by atoms with Crippen molar-refractivity contribution in [3.05, 3.63) is 63.4 Å². The molecule has 0 atom stereocenters. The predicted octanol–water partition coefficient (Wildman–Crippen LogP) is 3.02. The highest BCUT2D eigenvalue weighted by Gasteiger charge is 2.07. The Bertz CT molecular complexity index is 964. The first-order valence-electron chi connectivity index (χ1n) is 10.1. The third-order valence-electron chi connectivity index (χ3n) is 4.93. The Hall–Kier alpha value is -2.87. The van der Waals surface area contributed by atoms with Gasteiger partial charge in [-0.1, -0.05) is 23.8 Å². The van der Waals surface area contributed by atoms with E-state index in [2.05, 4.69) is 57.4 Å². The van der Waals surface area contributed by atoms with Gasteiger partial charge >= 0.3 is 0 Å². The van der Waals surface area contributed by atoms with Gasteiger partial charge in [-0.3, -0.25) is 0 Å². The third-order valence-corrected chi connectivity index (χ3v) is 5.86. The molecule has 30 heavy (non-hydrogen) atoms. The second-order valence-corrected chi connectivity index (χ2v) is 8.17. The molecule has 0 radical (unpaired) electrons. The predicted molar refractivity (Wildman–Crippen MR) is 122 cm³/mol. The molecular weight excluding hydrogens is 396 g/mol. The number of guanidine groups is 1. The Morgan fingerprint density at radius 2 is 1.93 bits per heavy atom. The Morgan fingerprint density at radius 3 is 2.60 bits per heavy atom. The van der Waals surface area contributed by atoms with Gasteiger partial charge in [0.05, 0.1) is 7.11 Å². The van der Waals surface area contributed by atoms with Crippen LogP contribution in [0.3, 0.4) is 0 Å². The molecule has 3 aromatic rings. The van der Waals surface area contributed by atoms with Gasteiger partial charge in [-0.2, -0.15) is 0 Å². The molecule has 160 valence electrons. The van der Waals surface area contributed by atoms with Crippen molar-refractivity contribution in [3.63, 3.8) is 0 Å². The van der Waals surface area contributed by atoms with Crippen molar-refractivity contribution in [3.8, 4) is 5.75 Å². The number of aromatic nitrogens is 3. The van der Waals surface area contributed by atoms with Crippen molar-refractivity contribution in [2.75, 3.05) is 20.2 Å².